The predicted octanol–water partition coefficient (Wildman–Crippen LogP) is -2.13. The molecule has 0 aliphatic rings. The smallest absolute Gasteiger partial charge is 0.265 e. The first-order valence-corrected chi connectivity index (χ1v) is 4.16. The van der Waals surface area contributed by atoms with Gasteiger partial charge in [-0.3, -0.25) is 19.8 Å². The minimum absolute atomic E-state index is 0.162. The summed E-state index contributed by atoms with van der Waals surface area (Å²) in [5.74, 6) is -2.11. The number of carbonyl (C=O) groups is 3. The van der Waals surface area contributed by atoms with Crippen LogP contribution in [0.15, 0.2) is 12.2 Å². The quantitative estimate of drug-likeness (QED) is 0.366. The number of imide groups is 1. The zero-order valence-electron chi connectivity index (χ0n) is 8.45. The Kier molecular flexibility index (Phi) is 5.21. The maximum absolute atomic E-state index is 11.2. The minimum Gasteiger partial charge on any atom is -0.322 e. The predicted molar refractivity (Wildman–Crippen MR) is 52.9 cm³/mol. The molecule has 7 nitrogen and oxygen atoms in total. The van der Waals surface area contributed by atoms with Gasteiger partial charge in [0.15, 0.2) is 0 Å². The van der Waals surface area contributed by atoms with Crippen molar-refractivity contribution in [1.82, 2.24) is 10.4 Å². The molecule has 0 saturated carbocycles. The molecule has 0 unspecified atom stereocenters. The van der Waals surface area contributed by atoms with Crippen molar-refractivity contribution in [3.63, 3.8) is 0 Å². The highest BCUT2D eigenvalue weighted by atomic mass is 16.2. The van der Waals surface area contributed by atoms with Gasteiger partial charge in [-0.15, -0.1) is 0 Å². The highest BCUT2D eigenvalue weighted by Crippen LogP contribution is 1.90. The first-order chi connectivity index (χ1) is 6.93. The van der Waals surface area contributed by atoms with Crippen molar-refractivity contribution in [1.29, 1.82) is 0 Å². The zero-order chi connectivity index (χ0) is 12.0. The summed E-state index contributed by atoms with van der Waals surface area (Å²) < 4.78 is 0. The van der Waals surface area contributed by atoms with Crippen LogP contribution in [-0.4, -0.2) is 35.8 Å². The average Bonchev–Trinajstić information content (AvgIpc) is 2.23. The SMILES string of the molecule is C=C(C)C(=O)NN(C(=O)CN)C(=O)CN. The average molecular weight is 214 g/mol. The fourth-order valence-electron chi connectivity index (χ4n) is 0.643. The molecule has 0 aliphatic carbocycles. The fourth-order valence-corrected chi connectivity index (χ4v) is 0.643. The molecule has 5 N–H and O–H groups in total. The Morgan fingerprint density at radius 2 is 1.60 bits per heavy atom. The Balaban J connectivity index is 4.66. The van der Waals surface area contributed by atoms with E-state index in [9.17, 15) is 14.4 Å². The molecule has 0 radical (unpaired) electrons. The second-order valence-corrected chi connectivity index (χ2v) is 2.75. The largest absolute Gasteiger partial charge is 0.322 e. The number of nitrogens with zero attached hydrogens (tertiary/aromatic N) is 1. The lowest BCUT2D eigenvalue weighted by atomic mass is 10.3. The lowest BCUT2D eigenvalue weighted by Crippen LogP contribution is -2.53. The van der Waals surface area contributed by atoms with E-state index in [0.717, 1.165) is 0 Å². The van der Waals surface area contributed by atoms with Crippen molar-refractivity contribution in [3.8, 4) is 0 Å². The van der Waals surface area contributed by atoms with Crippen LogP contribution in [0.4, 0.5) is 0 Å². The van der Waals surface area contributed by atoms with Crippen LogP contribution in [0, 0.1) is 0 Å². The first kappa shape index (κ1) is 13.3. The molecule has 3 amide bonds. The van der Waals surface area contributed by atoms with Gasteiger partial charge in [-0.05, 0) is 6.92 Å². The van der Waals surface area contributed by atoms with Crippen LogP contribution in [0.5, 0.6) is 0 Å². The number of amides is 3. The molecule has 0 saturated heterocycles. The highest BCUT2D eigenvalue weighted by Gasteiger charge is 2.21. The van der Waals surface area contributed by atoms with Gasteiger partial charge in [0.25, 0.3) is 17.7 Å². The molecule has 7 heteroatoms. The molecule has 0 aromatic carbocycles. The van der Waals surface area contributed by atoms with Gasteiger partial charge in [0.2, 0.25) is 0 Å². The van der Waals surface area contributed by atoms with E-state index in [0.29, 0.717) is 5.01 Å². The normalized spacial score (nSPS) is 9.27. The Hall–Kier alpha value is -1.73. The van der Waals surface area contributed by atoms with E-state index in [1.807, 2.05) is 0 Å². The lowest BCUT2D eigenvalue weighted by molar-refractivity contribution is -0.150. The van der Waals surface area contributed by atoms with Crippen LogP contribution in [-0.2, 0) is 14.4 Å². The summed E-state index contributed by atoms with van der Waals surface area (Å²) in [4.78, 5) is 33.5. The van der Waals surface area contributed by atoms with Gasteiger partial charge in [0.05, 0.1) is 13.1 Å². The molecule has 0 aliphatic heterocycles. The second-order valence-electron chi connectivity index (χ2n) is 2.75. The van der Waals surface area contributed by atoms with Gasteiger partial charge in [0, 0.05) is 5.57 Å². The first-order valence-electron chi connectivity index (χ1n) is 4.16. The molecule has 0 spiro atoms. The van der Waals surface area contributed by atoms with Crippen molar-refractivity contribution in [3.05, 3.63) is 12.2 Å². The standard InChI is InChI=1S/C8H14N4O3/c1-5(2)8(15)11-12(6(13)3-9)7(14)4-10/h1,3-4,9-10H2,2H3,(H,11,15). The van der Waals surface area contributed by atoms with Gasteiger partial charge in [0.1, 0.15) is 0 Å². The molecule has 0 fully saturated rings. The van der Waals surface area contributed by atoms with Crippen LogP contribution in [0.3, 0.4) is 0 Å². The number of hydrazine groups is 1. The summed E-state index contributed by atoms with van der Waals surface area (Å²) in [5, 5.41) is 0.497. The Bertz CT molecular complexity index is 284. The molecular weight excluding hydrogens is 200 g/mol. The van der Waals surface area contributed by atoms with Crippen molar-refractivity contribution >= 4 is 17.7 Å². The zero-order valence-corrected chi connectivity index (χ0v) is 8.45. The fraction of sp³-hybridized carbons (Fsp3) is 0.375. The third-order valence-corrected chi connectivity index (χ3v) is 1.45. The number of hydrogen-bond donors (Lipinski definition) is 3. The number of carbonyl (C=O) groups excluding carboxylic acids is 3. The van der Waals surface area contributed by atoms with E-state index in [2.05, 4.69) is 12.0 Å². The number of nitrogens with two attached hydrogens (primary N) is 2. The van der Waals surface area contributed by atoms with Crippen molar-refractivity contribution in [2.75, 3.05) is 13.1 Å². The highest BCUT2D eigenvalue weighted by molar-refractivity contribution is 6.01. The third kappa shape index (κ3) is 3.88. The van der Waals surface area contributed by atoms with Gasteiger partial charge >= 0.3 is 0 Å². The third-order valence-electron chi connectivity index (χ3n) is 1.45. The van der Waals surface area contributed by atoms with Gasteiger partial charge in [-0.1, -0.05) is 6.58 Å². The van der Waals surface area contributed by atoms with Crippen molar-refractivity contribution < 1.29 is 14.4 Å². The van der Waals surface area contributed by atoms with E-state index >= 15 is 0 Å². The molecule has 0 bridgehead atoms. The van der Waals surface area contributed by atoms with Gasteiger partial charge in [-0.2, -0.15) is 5.01 Å². The van der Waals surface area contributed by atoms with Crippen molar-refractivity contribution in [2.45, 2.75) is 6.92 Å². The second kappa shape index (κ2) is 5.89. The van der Waals surface area contributed by atoms with Gasteiger partial charge < -0.3 is 11.5 Å². The summed E-state index contributed by atoms with van der Waals surface area (Å²) in [6.07, 6.45) is 0. The number of hydrogen-bond acceptors (Lipinski definition) is 5. The maximum Gasteiger partial charge on any atom is 0.265 e. The Morgan fingerprint density at radius 1 is 1.20 bits per heavy atom. The molecule has 0 heterocycles. The van der Waals surface area contributed by atoms with Crippen LogP contribution in [0.1, 0.15) is 6.92 Å². The van der Waals surface area contributed by atoms with Crippen LogP contribution in [0.2, 0.25) is 0 Å². The summed E-state index contributed by atoms with van der Waals surface area (Å²) in [7, 11) is 0. The summed E-state index contributed by atoms with van der Waals surface area (Å²) in [5.41, 5.74) is 12.3. The monoisotopic (exact) mass is 214 g/mol. The molecular formula is C8H14N4O3. The summed E-state index contributed by atoms with van der Waals surface area (Å²) >= 11 is 0. The molecule has 0 rings (SSSR count). The van der Waals surface area contributed by atoms with E-state index in [1.165, 1.54) is 6.92 Å². The van der Waals surface area contributed by atoms with E-state index in [1.54, 1.807) is 0 Å². The van der Waals surface area contributed by atoms with Crippen molar-refractivity contribution in [2.24, 2.45) is 11.5 Å². The summed E-state index contributed by atoms with van der Waals surface area (Å²) in [6, 6.07) is 0. The Morgan fingerprint density at radius 3 is 1.87 bits per heavy atom. The van der Waals surface area contributed by atoms with E-state index in [4.69, 9.17) is 11.5 Å². The molecule has 84 valence electrons. The summed E-state index contributed by atoms with van der Waals surface area (Å²) in [6.45, 7) is 3.99. The van der Waals surface area contributed by atoms with E-state index < -0.39 is 30.8 Å². The van der Waals surface area contributed by atoms with Crippen LogP contribution >= 0.6 is 0 Å². The minimum atomic E-state index is -0.736. The number of nitrogens with one attached hydrogen (secondary N) is 1. The maximum atomic E-state index is 11.2. The van der Waals surface area contributed by atoms with Crippen LogP contribution in [0.25, 0.3) is 0 Å². The molecule has 0 aromatic rings. The molecule has 0 aromatic heterocycles. The molecule has 0 atom stereocenters. The molecule has 15 heavy (non-hydrogen) atoms. The topological polar surface area (TPSA) is 119 Å². The Labute approximate surface area is 87.0 Å². The van der Waals surface area contributed by atoms with Gasteiger partial charge in [-0.25, -0.2) is 0 Å². The van der Waals surface area contributed by atoms with E-state index in [-0.39, 0.29) is 5.57 Å². The van der Waals surface area contributed by atoms with Crippen LogP contribution < -0.4 is 16.9 Å². The lowest BCUT2D eigenvalue weighted by Gasteiger charge is -2.19. The number of rotatable bonds is 3.